The van der Waals surface area contributed by atoms with Gasteiger partial charge in [-0.3, -0.25) is 4.79 Å². The number of halogens is 3. The fourth-order valence-corrected chi connectivity index (χ4v) is 1.60. The van der Waals surface area contributed by atoms with Crippen LogP contribution in [0.3, 0.4) is 0 Å². The quantitative estimate of drug-likeness (QED) is 0.899. The van der Waals surface area contributed by atoms with Crippen LogP contribution in [-0.2, 0) is 0 Å². The van der Waals surface area contributed by atoms with E-state index in [4.69, 9.17) is 11.6 Å². The van der Waals surface area contributed by atoms with E-state index in [0.29, 0.717) is 12.4 Å². The number of carbonyl (C=O) groups excluding carboxylic acids is 1. The van der Waals surface area contributed by atoms with Crippen molar-refractivity contribution in [2.45, 2.75) is 13.3 Å². The zero-order valence-electron chi connectivity index (χ0n) is 10.1. The molecule has 0 saturated carbocycles. The molecule has 1 rings (SSSR count). The lowest BCUT2D eigenvalue weighted by Gasteiger charge is -2.16. The fraction of sp³-hybridized carbons (Fsp3) is 0.455. The van der Waals surface area contributed by atoms with E-state index >= 15 is 0 Å². The number of nitrogens with zero attached hydrogens (tertiary/aromatic N) is 2. The SMILES string of the molecule is CCNc1ncc(C(=O)N(C)CC(F)F)cc1Cl. The van der Waals surface area contributed by atoms with E-state index < -0.39 is 18.9 Å². The lowest BCUT2D eigenvalue weighted by atomic mass is 10.2. The predicted molar refractivity (Wildman–Crippen MR) is 66.4 cm³/mol. The summed E-state index contributed by atoms with van der Waals surface area (Å²) in [7, 11) is 1.31. The van der Waals surface area contributed by atoms with Gasteiger partial charge in [-0.1, -0.05) is 11.6 Å². The molecule has 1 aromatic rings. The molecule has 100 valence electrons. The van der Waals surface area contributed by atoms with Crippen LogP contribution in [0.25, 0.3) is 0 Å². The number of aromatic nitrogens is 1. The van der Waals surface area contributed by atoms with Crippen molar-refractivity contribution in [2.24, 2.45) is 0 Å². The van der Waals surface area contributed by atoms with Gasteiger partial charge in [0.05, 0.1) is 17.1 Å². The molecule has 0 spiro atoms. The van der Waals surface area contributed by atoms with Gasteiger partial charge in [0, 0.05) is 19.8 Å². The van der Waals surface area contributed by atoms with Crippen LogP contribution in [0, 0.1) is 0 Å². The molecule has 0 aliphatic carbocycles. The van der Waals surface area contributed by atoms with Crippen molar-refractivity contribution >= 4 is 23.3 Å². The number of anilines is 1. The number of nitrogens with one attached hydrogen (secondary N) is 1. The smallest absolute Gasteiger partial charge is 0.255 e. The minimum Gasteiger partial charge on any atom is -0.369 e. The van der Waals surface area contributed by atoms with Crippen LogP contribution in [0.4, 0.5) is 14.6 Å². The van der Waals surface area contributed by atoms with E-state index in [0.717, 1.165) is 4.90 Å². The Balaban J connectivity index is 2.84. The highest BCUT2D eigenvalue weighted by Gasteiger charge is 2.17. The Kier molecular flexibility index (Phi) is 5.27. The number of hydrogen-bond acceptors (Lipinski definition) is 3. The predicted octanol–water partition coefficient (Wildman–Crippen LogP) is 2.50. The zero-order valence-corrected chi connectivity index (χ0v) is 10.8. The minimum atomic E-state index is -2.57. The molecular formula is C11H14ClF2N3O. The summed E-state index contributed by atoms with van der Waals surface area (Å²) in [6.45, 7) is 1.91. The molecule has 0 bridgehead atoms. The summed E-state index contributed by atoms with van der Waals surface area (Å²) >= 11 is 5.92. The summed E-state index contributed by atoms with van der Waals surface area (Å²) in [6, 6.07) is 1.41. The maximum absolute atomic E-state index is 12.2. The summed E-state index contributed by atoms with van der Waals surface area (Å²) in [6.07, 6.45) is -1.25. The molecule has 7 heteroatoms. The molecular weight excluding hydrogens is 264 g/mol. The highest BCUT2D eigenvalue weighted by Crippen LogP contribution is 2.20. The summed E-state index contributed by atoms with van der Waals surface area (Å²) in [5, 5.41) is 3.20. The van der Waals surface area contributed by atoms with Gasteiger partial charge in [-0.25, -0.2) is 13.8 Å². The third-order valence-corrected chi connectivity index (χ3v) is 2.48. The first-order valence-corrected chi connectivity index (χ1v) is 5.76. The third-order valence-electron chi connectivity index (χ3n) is 2.19. The van der Waals surface area contributed by atoms with Gasteiger partial charge in [-0.2, -0.15) is 0 Å². The Bertz CT molecular complexity index is 429. The van der Waals surface area contributed by atoms with Crippen LogP contribution in [0.2, 0.25) is 5.02 Å². The van der Waals surface area contributed by atoms with E-state index in [1.54, 1.807) is 0 Å². The summed E-state index contributed by atoms with van der Waals surface area (Å²) in [5.41, 5.74) is 0.185. The highest BCUT2D eigenvalue weighted by atomic mass is 35.5. The van der Waals surface area contributed by atoms with Crippen molar-refractivity contribution in [1.29, 1.82) is 0 Å². The molecule has 4 nitrogen and oxygen atoms in total. The molecule has 0 saturated heterocycles. The van der Waals surface area contributed by atoms with E-state index in [-0.39, 0.29) is 10.6 Å². The summed E-state index contributed by atoms with van der Waals surface area (Å²) in [4.78, 5) is 16.7. The van der Waals surface area contributed by atoms with Gasteiger partial charge in [-0.05, 0) is 13.0 Å². The van der Waals surface area contributed by atoms with Crippen LogP contribution in [0.15, 0.2) is 12.3 Å². The molecule has 0 atom stereocenters. The second-order valence-electron chi connectivity index (χ2n) is 3.66. The van der Waals surface area contributed by atoms with Gasteiger partial charge in [0.1, 0.15) is 5.82 Å². The van der Waals surface area contributed by atoms with Crippen molar-refractivity contribution in [3.63, 3.8) is 0 Å². The molecule has 0 radical (unpaired) electrons. The monoisotopic (exact) mass is 277 g/mol. The molecule has 1 aromatic heterocycles. The standard InChI is InChI=1S/C11H14ClF2N3O/c1-3-15-10-8(12)4-7(5-16-10)11(18)17(2)6-9(13)14/h4-5,9H,3,6H2,1-2H3,(H,15,16). The van der Waals surface area contributed by atoms with Gasteiger partial charge < -0.3 is 10.2 Å². The Hall–Kier alpha value is -1.43. The van der Waals surface area contributed by atoms with Crippen molar-refractivity contribution in [3.05, 3.63) is 22.8 Å². The second-order valence-corrected chi connectivity index (χ2v) is 4.07. The van der Waals surface area contributed by atoms with Crippen molar-refractivity contribution in [3.8, 4) is 0 Å². The number of alkyl halides is 2. The number of carbonyl (C=O) groups is 1. The van der Waals surface area contributed by atoms with Crippen molar-refractivity contribution in [2.75, 3.05) is 25.5 Å². The van der Waals surface area contributed by atoms with Gasteiger partial charge >= 0.3 is 0 Å². The fourth-order valence-electron chi connectivity index (χ4n) is 1.36. The molecule has 0 aromatic carbocycles. The first kappa shape index (κ1) is 14.6. The van der Waals surface area contributed by atoms with Gasteiger partial charge in [0.2, 0.25) is 0 Å². The normalized spacial score (nSPS) is 10.6. The van der Waals surface area contributed by atoms with E-state index in [2.05, 4.69) is 10.3 Å². The van der Waals surface area contributed by atoms with Gasteiger partial charge in [-0.15, -0.1) is 0 Å². The average Bonchev–Trinajstić information content (AvgIpc) is 2.30. The third kappa shape index (κ3) is 3.80. The van der Waals surface area contributed by atoms with Crippen molar-refractivity contribution in [1.82, 2.24) is 9.88 Å². The van der Waals surface area contributed by atoms with Crippen LogP contribution < -0.4 is 5.32 Å². The number of hydrogen-bond donors (Lipinski definition) is 1. The minimum absolute atomic E-state index is 0.185. The average molecular weight is 278 g/mol. The maximum atomic E-state index is 12.2. The molecule has 0 fully saturated rings. The summed E-state index contributed by atoms with van der Waals surface area (Å²) in [5.74, 6) is -0.0695. The van der Waals surface area contributed by atoms with E-state index in [1.807, 2.05) is 6.92 Å². The second kappa shape index (κ2) is 6.49. The van der Waals surface area contributed by atoms with Crippen LogP contribution >= 0.6 is 11.6 Å². The Morgan fingerprint density at radius 1 is 1.61 bits per heavy atom. The number of pyridine rings is 1. The lowest BCUT2D eigenvalue weighted by Crippen LogP contribution is -2.31. The highest BCUT2D eigenvalue weighted by molar-refractivity contribution is 6.33. The Labute approximate surface area is 109 Å². The Morgan fingerprint density at radius 3 is 2.78 bits per heavy atom. The van der Waals surface area contributed by atoms with Gasteiger partial charge in [0.15, 0.2) is 0 Å². The molecule has 1 amide bonds. The van der Waals surface area contributed by atoms with E-state index in [1.165, 1.54) is 19.3 Å². The number of rotatable bonds is 5. The topological polar surface area (TPSA) is 45.2 Å². The molecule has 0 unspecified atom stereocenters. The molecule has 1 N–H and O–H groups in total. The first-order chi connectivity index (χ1) is 8.45. The largest absolute Gasteiger partial charge is 0.369 e. The van der Waals surface area contributed by atoms with Crippen LogP contribution in [0.1, 0.15) is 17.3 Å². The van der Waals surface area contributed by atoms with E-state index in [9.17, 15) is 13.6 Å². The Morgan fingerprint density at radius 2 is 2.28 bits per heavy atom. The zero-order chi connectivity index (χ0) is 13.7. The molecule has 18 heavy (non-hydrogen) atoms. The van der Waals surface area contributed by atoms with Gasteiger partial charge in [0.25, 0.3) is 12.3 Å². The van der Waals surface area contributed by atoms with Crippen LogP contribution in [-0.4, -0.2) is 42.4 Å². The molecule has 1 heterocycles. The van der Waals surface area contributed by atoms with Crippen molar-refractivity contribution < 1.29 is 13.6 Å². The maximum Gasteiger partial charge on any atom is 0.255 e. The lowest BCUT2D eigenvalue weighted by molar-refractivity contribution is 0.0620. The number of amides is 1. The van der Waals surface area contributed by atoms with Crippen LogP contribution in [0.5, 0.6) is 0 Å². The first-order valence-electron chi connectivity index (χ1n) is 5.38. The summed E-state index contributed by atoms with van der Waals surface area (Å²) < 4.78 is 24.3. The molecule has 0 aliphatic heterocycles. The molecule has 0 aliphatic rings.